The van der Waals surface area contributed by atoms with E-state index in [0.717, 1.165) is 24.2 Å². The minimum atomic E-state index is -1.05. The third kappa shape index (κ3) is 3.85. The Kier molecular flexibility index (Phi) is 6.16. The standard InChI is InChI=1S/C23H27ClN2O6/c1-11(2)20(26-21(28)18-12-4-5-13(8-12)19(18)22(26)29)23(30)32-10-17(27)25-15-9-14(24)6-7-16(15)31-3/h6-7,9,11-13,18-20H,4-5,8,10H2,1-3H3,(H,25,27)/t12-,13-,18-,19+,20+/m0/s1. The third-order valence-corrected chi connectivity index (χ3v) is 7.13. The van der Waals surface area contributed by atoms with Gasteiger partial charge in [0, 0.05) is 5.02 Å². The summed E-state index contributed by atoms with van der Waals surface area (Å²) < 4.78 is 10.4. The molecule has 3 fully saturated rings. The van der Waals surface area contributed by atoms with Crippen LogP contribution in [0.4, 0.5) is 5.69 Å². The highest BCUT2D eigenvalue weighted by atomic mass is 35.5. The molecule has 2 aliphatic carbocycles. The number of carbonyl (C=O) groups excluding carboxylic acids is 4. The van der Waals surface area contributed by atoms with Gasteiger partial charge in [-0.1, -0.05) is 25.4 Å². The summed E-state index contributed by atoms with van der Waals surface area (Å²) in [5, 5.41) is 3.00. The Hall–Kier alpha value is -2.61. The summed E-state index contributed by atoms with van der Waals surface area (Å²) in [5.41, 5.74) is 0.342. The van der Waals surface area contributed by atoms with Gasteiger partial charge in [0.15, 0.2) is 6.61 Å². The predicted octanol–water partition coefficient (Wildman–Crippen LogP) is 2.89. The monoisotopic (exact) mass is 462 g/mol. The van der Waals surface area contributed by atoms with E-state index in [1.807, 2.05) is 0 Å². The van der Waals surface area contributed by atoms with Crippen molar-refractivity contribution in [2.24, 2.45) is 29.6 Å². The first-order chi connectivity index (χ1) is 15.2. The van der Waals surface area contributed by atoms with E-state index in [1.54, 1.807) is 26.0 Å². The predicted molar refractivity (Wildman–Crippen MR) is 116 cm³/mol. The van der Waals surface area contributed by atoms with Crippen LogP contribution in [0, 0.1) is 29.6 Å². The molecule has 2 saturated carbocycles. The Morgan fingerprint density at radius 3 is 2.34 bits per heavy atom. The number of halogens is 1. The molecule has 1 aromatic carbocycles. The Morgan fingerprint density at radius 2 is 1.78 bits per heavy atom. The molecule has 32 heavy (non-hydrogen) atoms. The SMILES string of the molecule is COc1ccc(Cl)cc1NC(=O)COC(=O)[C@@H](C(C)C)N1C(=O)[C@@H]2[C@H]3CC[C@@H](C3)[C@@H]2C1=O. The van der Waals surface area contributed by atoms with Gasteiger partial charge in [0.2, 0.25) is 11.8 Å². The van der Waals surface area contributed by atoms with E-state index < -0.39 is 24.5 Å². The molecule has 1 heterocycles. The highest BCUT2D eigenvalue weighted by Gasteiger charge is 2.62. The molecule has 3 aliphatic rings. The lowest BCUT2D eigenvalue weighted by molar-refractivity contribution is -0.162. The van der Waals surface area contributed by atoms with Gasteiger partial charge in [0.1, 0.15) is 11.8 Å². The van der Waals surface area contributed by atoms with Crippen LogP contribution in [0.5, 0.6) is 5.75 Å². The molecule has 8 nitrogen and oxygen atoms in total. The number of imide groups is 1. The van der Waals surface area contributed by atoms with Gasteiger partial charge in [0.05, 0.1) is 24.6 Å². The maximum atomic E-state index is 13.1. The third-order valence-electron chi connectivity index (χ3n) is 6.89. The number of nitrogens with zero attached hydrogens (tertiary/aromatic N) is 1. The van der Waals surface area contributed by atoms with Crippen molar-refractivity contribution in [2.75, 3.05) is 19.0 Å². The number of fused-ring (bicyclic) bond motifs is 5. The molecule has 0 spiro atoms. The molecule has 0 aromatic heterocycles. The van der Waals surface area contributed by atoms with Gasteiger partial charge in [-0.05, 0) is 55.2 Å². The van der Waals surface area contributed by atoms with Gasteiger partial charge in [0.25, 0.3) is 5.91 Å². The average molecular weight is 463 g/mol. The number of benzene rings is 1. The van der Waals surface area contributed by atoms with Gasteiger partial charge < -0.3 is 14.8 Å². The number of methoxy groups -OCH3 is 1. The lowest BCUT2D eigenvalue weighted by Crippen LogP contribution is -2.50. The van der Waals surface area contributed by atoms with Crippen molar-refractivity contribution >= 4 is 41.0 Å². The van der Waals surface area contributed by atoms with Crippen LogP contribution in [-0.4, -0.2) is 48.3 Å². The second-order valence-corrected chi connectivity index (χ2v) is 9.56. The largest absolute Gasteiger partial charge is 0.495 e. The van der Waals surface area contributed by atoms with Gasteiger partial charge in [-0.3, -0.25) is 19.3 Å². The molecular formula is C23H27ClN2O6. The van der Waals surface area contributed by atoms with Crippen molar-refractivity contribution in [2.45, 2.75) is 39.2 Å². The summed E-state index contributed by atoms with van der Waals surface area (Å²) in [7, 11) is 1.46. The zero-order valence-electron chi connectivity index (χ0n) is 18.3. The van der Waals surface area contributed by atoms with E-state index in [2.05, 4.69) is 5.32 Å². The van der Waals surface area contributed by atoms with E-state index in [4.69, 9.17) is 21.1 Å². The molecule has 1 saturated heterocycles. The van der Waals surface area contributed by atoms with Gasteiger partial charge in [-0.15, -0.1) is 0 Å². The Morgan fingerprint density at radius 1 is 1.16 bits per heavy atom. The smallest absolute Gasteiger partial charge is 0.330 e. The summed E-state index contributed by atoms with van der Waals surface area (Å²) in [6, 6.07) is 3.70. The molecule has 4 rings (SSSR count). The first-order valence-corrected chi connectivity index (χ1v) is 11.3. The molecule has 1 aliphatic heterocycles. The quantitative estimate of drug-likeness (QED) is 0.493. The number of nitrogens with one attached hydrogen (secondary N) is 1. The maximum Gasteiger partial charge on any atom is 0.330 e. The number of rotatable bonds is 7. The normalized spacial score (nSPS) is 27.0. The average Bonchev–Trinajstić information content (AvgIpc) is 3.42. The van der Waals surface area contributed by atoms with Crippen LogP contribution in [0.1, 0.15) is 33.1 Å². The fraction of sp³-hybridized carbons (Fsp3) is 0.565. The van der Waals surface area contributed by atoms with E-state index in [1.165, 1.54) is 13.2 Å². The first kappa shape index (κ1) is 22.6. The summed E-state index contributed by atoms with van der Waals surface area (Å²) in [5.74, 6) is -1.98. The Bertz CT molecular complexity index is 936. The van der Waals surface area contributed by atoms with Crippen molar-refractivity contribution < 1.29 is 28.7 Å². The number of ether oxygens (including phenoxy) is 2. The number of carbonyl (C=O) groups is 4. The van der Waals surface area contributed by atoms with Gasteiger partial charge in [-0.25, -0.2) is 4.79 Å². The number of anilines is 1. The summed E-state index contributed by atoms with van der Waals surface area (Å²) in [6.07, 6.45) is 2.84. The summed E-state index contributed by atoms with van der Waals surface area (Å²) >= 11 is 5.96. The lowest BCUT2D eigenvalue weighted by Gasteiger charge is -2.28. The fourth-order valence-electron chi connectivity index (χ4n) is 5.57. The topological polar surface area (TPSA) is 102 Å². The second kappa shape index (κ2) is 8.73. The zero-order valence-corrected chi connectivity index (χ0v) is 19.1. The minimum absolute atomic E-state index is 0.230. The molecule has 3 amide bonds. The van der Waals surface area contributed by atoms with Crippen LogP contribution < -0.4 is 10.1 Å². The molecule has 0 unspecified atom stereocenters. The Balaban J connectivity index is 1.42. The minimum Gasteiger partial charge on any atom is -0.495 e. The van der Waals surface area contributed by atoms with Crippen LogP contribution in [0.25, 0.3) is 0 Å². The zero-order chi connectivity index (χ0) is 23.2. The highest BCUT2D eigenvalue weighted by molar-refractivity contribution is 6.31. The van der Waals surface area contributed by atoms with Crippen LogP contribution in [0.3, 0.4) is 0 Å². The van der Waals surface area contributed by atoms with Crippen LogP contribution in [0.15, 0.2) is 18.2 Å². The van der Waals surface area contributed by atoms with Crippen molar-refractivity contribution in [1.29, 1.82) is 0 Å². The molecule has 0 radical (unpaired) electrons. The summed E-state index contributed by atoms with van der Waals surface area (Å²) in [6.45, 7) is 2.95. The first-order valence-electron chi connectivity index (χ1n) is 10.9. The number of amides is 3. The molecule has 9 heteroatoms. The van der Waals surface area contributed by atoms with E-state index in [9.17, 15) is 19.2 Å². The molecule has 2 bridgehead atoms. The van der Waals surface area contributed by atoms with Gasteiger partial charge >= 0.3 is 5.97 Å². The van der Waals surface area contributed by atoms with Crippen molar-refractivity contribution in [3.8, 4) is 5.75 Å². The number of esters is 1. The van der Waals surface area contributed by atoms with Crippen molar-refractivity contribution in [3.63, 3.8) is 0 Å². The number of hydrogen-bond acceptors (Lipinski definition) is 6. The number of likely N-dealkylation sites (tertiary alicyclic amines) is 1. The van der Waals surface area contributed by atoms with Gasteiger partial charge in [-0.2, -0.15) is 0 Å². The van der Waals surface area contributed by atoms with Crippen molar-refractivity contribution in [3.05, 3.63) is 23.2 Å². The molecular weight excluding hydrogens is 436 g/mol. The second-order valence-electron chi connectivity index (χ2n) is 9.12. The lowest BCUT2D eigenvalue weighted by atomic mass is 9.81. The van der Waals surface area contributed by atoms with Crippen LogP contribution in [-0.2, 0) is 23.9 Å². The van der Waals surface area contributed by atoms with E-state index in [0.29, 0.717) is 16.5 Å². The highest BCUT2D eigenvalue weighted by Crippen LogP contribution is 2.56. The van der Waals surface area contributed by atoms with Crippen LogP contribution in [0.2, 0.25) is 5.02 Å². The van der Waals surface area contributed by atoms with E-state index >= 15 is 0 Å². The summed E-state index contributed by atoms with van der Waals surface area (Å²) in [4.78, 5) is 52.6. The molecule has 172 valence electrons. The number of hydrogen-bond donors (Lipinski definition) is 1. The molecule has 1 aromatic rings. The molecule has 1 N–H and O–H groups in total. The maximum absolute atomic E-state index is 13.1. The molecule has 5 atom stereocenters. The van der Waals surface area contributed by atoms with Crippen molar-refractivity contribution in [1.82, 2.24) is 4.90 Å². The Labute approximate surface area is 191 Å². The van der Waals surface area contributed by atoms with Crippen LogP contribution >= 0.6 is 11.6 Å². The fourth-order valence-corrected chi connectivity index (χ4v) is 5.74. The van der Waals surface area contributed by atoms with E-state index in [-0.39, 0.29) is 41.4 Å².